The van der Waals surface area contributed by atoms with E-state index in [9.17, 15) is 4.79 Å². The molecule has 68 valence electrons. The Morgan fingerprint density at radius 2 is 2.50 bits per heavy atom. The molecule has 0 spiro atoms. The molecule has 4 N–H and O–H groups in total. The summed E-state index contributed by atoms with van der Waals surface area (Å²) in [4.78, 5) is 11.0. The molecule has 0 fully saturated rings. The summed E-state index contributed by atoms with van der Waals surface area (Å²) in [6.45, 7) is 2.09. The molecular weight excluding hydrogens is 182 g/mol. The van der Waals surface area contributed by atoms with Crippen LogP contribution >= 0.6 is 0 Å². The molecule has 0 aromatic carbocycles. The van der Waals surface area contributed by atoms with E-state index in [1.165, 1.54) is 6.20 Å². The van der Waals surface area contributed by atoms with Gasteiger partial charge in [0.05, 0.1) is 6.61 Å². The van der Waals surface area contributed by atoms with Crippen molar-refractivity contribution >= 4 is 11.8 Å². The first-order chi connectivity index (χ1) is 5.25. The van der Waals surface area contributed by atoms with Gasteiger partial charge in [-0.3, -0.25) is 0 Å². The average Bonchev–Trinajstić information content (AvgIpc) is 2.36. The first-order valence-electron chi connectivity index (χ1n) is 3.27. The van der Waals surface area contributed by atoms with Gasteiger partial charge in [-0.1, -0.05) is 0 Å². The van der Waals surface area contributed by atoms with E-state index in [0.29, 0.717) is 18.0 Å². The van der Waals surface area contributed by atoms with Crippen LogP contribution in [0.1, 0.15) is 17.3 Å². The van der Waals surface area contributed by atoms with E-state index in [4.69, 9.17) is 10.5 Å². The van der Waals surface area contributed by atoms with Crippen molar-refractivity contribution in [2.24, 2.45) is 0 Å². The largest absolute Gasteiger partial charge is 1.00 e. The number of esters is 1. The maximum atomic E-state index is 11.0. The Morgan fingerprint density at radius 3 is 2.92 bits per heavy atom. The molecule has 6 heteroatoms. The van der Waals surface area contributed by atoms with E-state index in [-0.39, 0.29) is 12.4 Å². The van der Waals surface area contributed by atoms with Crippen molar-refractivity contribution in [2.75, 3.05) is 12.3 Å². The summed E-state index contributed by atoms with van der Waals surface area (Å²) in [5.74, 6) is -0.119. The monoisotopic (exact) mass is 191 g/mol. The molecule has 0 saturated carbocycles. The van der Waals surface area contributed by atoms with Crippen molar-refractivity contribution in [2.45, 2.75) is 6.92 Å². The number of nitrogens with one attached hydrogen (secondary N) is 2. The number of nitrogens with two attached hydrogens (primary N) is 1. The minimum absolute atomic E-state index is 0. The van der Waals surface area contributed by atoms with Crippen molar-refractivity contribution < 1.29 is 27.0 Å². The summed E-state index contributed by atoms with van der Waals surface area (Å²) in [7, 11) is 0. The lowest BCUT2D eigenvalue weighted by molar-refractivity contribution is -0.447. The van der Waals surface area contributed by atoms with Crippen LogP contribution in [-0.4, -0.2) is 17.7 Å². The summed E-state index contributed by atoms with van der Waals surface area (Å²) >= 11 is 0. The van der Waals surface area contributed by atoms with Gasteiger partial charge in [-0.05, 0) is 6.92 Å². The van der Waals surface area contributed by atoms with Gasteiger partial charge in [-0.15, -0.1) is 5.10 Å². The number of hydrogen-bond donors (Lipinski definition) is 2. The molecule has 1 rings (SSSR count). The molecule has 0 bridgehead atoms. The molecule has 1 aromatic heterocycles. The number of anilines is 1. The Hall–Kier alpha value is -1.23. The van der Waals surface area contributed by atoms with E-state index >= 15 is 0 Å². The van der Waals surface area contributed by atoms with Gasteiger partial charge in [-0.25, -0.2) is 4.79 Å². The molecule has 0 aliphatic rings. The van der Waals surface area contributed by atoms with Gasteiger partial charge in [0.15, 0.2) is 11.4 Å². The van der Waals surface area contributed by atoms with Crippen LogP contribution < -0.4 is 23.2 Å². The molecule has 1 aromatic rings. The molecule has 0 aliphatic carbocycles. The Kier molecular flexibility index (Phi) is 4.14. The number of aromatic amines is 2. The van der Waals surface area contributed by atoms with Crippen molar-refractivity contribution in [3.63, 3.8) is 0 Å². The number of carbonyl (C=O) groups is 1. The molecule has 0 unspecified atom stereocenters. The van der Waals surface area contributed by atoms with Gasteiger partial charge in [-0.2, -0.15) is 5.10 Å². The van der Waals surface area contributed by atoms with Gasteiger partial charge in [0.2, 0.25) is 6.20 Å². The lowest BCUT2D eigenvalue weighted by atomic mass is 10.3. The standard InChI is InChI=1S/C6H9N3O2.ClH/c1-2-11-6(10)4-3-8-9-5(4)7;/h3H,2H2,1H3,(H3,7,8,9);1H. The van der Waals surface area contributed by atoms with Crippen molar-refractivity contribution in [1.82, 2.24) is 5.10 Å². The zero-order chi connectivity index (χ0) is 8.27. The Morgan fingerprint density at radius 1 is 1.83 bits per heavy atom. The highest BCUT2D eigenvalue weighted by Gasteiger charge is 2.15. The average molecular weight is 192 g/mol. The molecule has 0 atom stereocenters. The van der Waals surface area contributed by atoms with Crippen LogP contribution in [0.15, 0.2) is 6.20 Å². The molecular formula is C6H10ClN3O2. The molecule has 5 nitrogen and oxygen atoms in total. The molecule has 12 heavy (non-hydrogen) atoms. The third-order valence-electron chi connectivity index (χ3n) is 1.21. The Bertz CT molecular complexity index is 261. The summed E-state index contributed by atoms with van der Waals surface area (Å²) < 4.78 is 4.71. The van der Waals surface area contributed by atoms with Crippen LogP contribution in [0.4, 0.5) is 5.82 Å². The second kappa shape index (κ2) is 4.61. The van der Waals surface area contributed by atoms with Crippen LogP contribution in [0.5, 0.6) is 0 Å². The normalized spacial score (nSPS) is 8.75. The predicted molar refractivity (Wildman–Crippen MR) is 37.7 cm³/mol. The molecule has 0 aliphatic heterocycles. The number of halogens is 1. The molecule has 1 heterocycles. The topological polar surface area (TPSA) is 82.2 Å². The third kappa shape index (κ3) is 2.13. The maximum absolute atomic E-state index is 11.0. The zero-order valence-electron chi connectivity index (χ0n) is 6.56. The van der Waals surface area contributed by atoms with E-state index in [2.05, 4.69) is 10.2 Å². The fourth-order valence-corrected chi connectivity index (χ4v) is 0.709. The lowest BCUT2D eigenvalue weighted by Gasteiger charge is -1.95. The van der Waals surface area contributed by atoms with Gasteiger partial charge in [0.1, 0.15) is 0 Å². The van der Waals surface area contributed by atoms with E-state index < -0.39 is 5.97 Å². The van der Waals surface area contributed by atoms with Crippen LogP contribution in [-0.2, 0) is 4.74 Å². The number of aromatic nitrogens is 2. The van der Waals surface area contributed by atoms with Crippen molar-refractivity contribution in [1.29, 1.82) is 0 Å². The number of hydrogen-bond acceptors (Lipinski definition) is 3. The fraction of sp³-hybridized carbons (Fsp3) is 0.333. The third-order valence-corrected chi connectivity index (χ3v) is 1.21. The number of rotatable bonds is 2. The number of H-pyrrole nitrogens is 2. The maximum Gasteiger partial charge on any atom is 0.348 e. The van der Waals surface area contributed by atoms with E-state index in [1.807, 2.05) is 0 Å². The van der Waals surface area contributed by atoms with Crippen LogP contribution in [0.3, 0.4) is 0 Å². The zero-order valence-corrected chi connectivity index (χ0v) is 7.31. The van der Waals surface area contributed by atoms with Gasteiger partial charge >= 0.3 is 5.97 Å². The number of ether oxygens (including phenoxy) is 1. The SMILES string of the molecule is CCOC(=O)c1c[nH+][nH]c1N.[Cl-]. The Balaban J connectivity index is 0.00000121. The minimum atomic E-state index is -0.414. The second-order valence-corrected chi connectivity index (χ2v) is 1.96. The van der Waals surface area contributed by atoms with Crippen molar-refractivity contribution in [3.8, 4) is 0 Å². The lowest BCUT2D eigenvalue weighted by Crippen LogP contribution is -3.00. The summed E-state index contributed by atoms with van der Waals surface area (Å²) in [5.41, 5.74) is 5.72. The highest BCUT2D eigenvalue weighted by atomic mass is 35.5. The van der Waals surface area contributed by atoms with Crippen LogP contribution in [0, 0.1) is 0 Å². The van der Waals surface area contributed by atoms with Gasteiger partial charge in [0.25, 0.3) is 0 Å². The smallest absolute Gasteiger partial charge is 0.348 e. The van der Waals surface area contributed by atoms with Gasteiger partial charge < -0.3 is 22.9 Å². The van der Waals surface area contributed by atoms with Crippen LogP contribution in [0.2, 0.25) is 0 Å². The van der Waals surface area contributed by atoms with Crippen LogP contribution in [0.25, 0.3) is 0 Å². The Labute approximate surface area is 75.7 Å². The first kappa shape index (κ1) is 10.8. The molecule has 0 amide bonds. The highest BCUT2D eigenvalue weighted by Crippen LogP contribution is 2.04. The number of nitrogen functional groups attached to an aromatic ring is 1. The van der Waals surface area contributed by atoms with E-state index in [0.717, 1.165) is 0 Å². The highest BCUT2D eigenvalue weighted by molar-refractivity contribution is 5.93. The summed E-state index contributed by atoms with van der Waals surface area (Å²) in [6.07, 6.45) is 1.47. The second-order valence-electron chi connectivity index (χ2n) is 1.96. The fourth-order valence-electron chi connectivity index (χ4n) is 0.709. The molecule has 0 radical (unpaired) electrons. The van der Waals surface area contributed by atoms with E-state index in [1.54, 1.807) is 6.92 Å². The minimum Gasteiger partial charge on any atom is -1.00 e. The quantitative estimate of drug-likeness (QED) is 0.478. The summed E-state index contributed by atoms with van der Waals surface area (Å²) in [5, 5.41) is 5.15. The number of carbonyl (C=O) groups excluding carboxylic acids is 1. The van der Waals surface area contributed by atoms with Gasteiger partial charge in [0, 0.05) is 0 Å². The molecule has 0 saturated heterocycles. The summed E-state index contributed by atoms with van der Waals surface area (Å²) in [6, 6.07) is 0. The first-order valence-corrected chi connectivity index (χ1v) is 3.27. The van der Waals surface area contributed by atoms with Crippen molar-refractivity contribution in [3.05, 3.63) is 11.8 Å². The predicted octanol–water partition coefficient (Wildman–Crippen LogP) is -3.41.